The van der Waals surface area contributed by atoms with E-state index in [0.29, 0.717) is 5.41 Å². The Balaban J connectivity index is 2.20. The quantitative estimate of drug-likeness (QED) is 0.812. The predicted octanol–water partition coefficient (Wildman–Crippen LogP) is 3.71. The van der Waals surface area contributed by atoms with Crippen LogP contribution < -0.4 is 4.90 Å². The van der Waals surface area contributed by atoms with Gasteiger partial charge in [-0.05, 0) is 42.9 Å². The highest BCUT2D eigenvalue weighted by molar-refractivity contribution is 5.51. The molecular weight excluding hydrogens is 227 g/mol. The fourth-order valence-electron chi connectivity index (χ4n) is 2.77. The van der Waals surface area contributed by atoms with Crippen LogP contribution >= 0.6 is 0 Å². The third-order valence-electron chi connectivity index (χ3n) is 4.38. The summed E-state index contributed by atoms with van der Waals surface area (Å²) in [4.78, 5) is 2.23. The molecule has 0 unspecified atom stereocenters. The Hall–Kier alpha value is -1.56. The van der Waals surface area contributed by atoms with Gasteiger partial charge < -0.3 is 4.90 Å². The monoisotopic (exact) mass is 246 g/mol. The minimum Gasteiger partial charge on any atom is -0.371 e. The molecule has 0 spiro atoms. The Labute approximate surface area is 108 Å². The number of halogens is 1. The van der Waals surface area contributed by atoms with Crippen LogP contribution in [0.3, 0.4) is 0 Å². The van der Waals surface area contributed by atoms with Crippen LogP contribution in [0.15, 0.2) is 18.2 Å². The molecule has 96 valence electrons. The first kappa shape index (κ1) is 12.9. The fourth-order valence-corrected chi connectivity index (χ4v) is 2.77. The Morgan fingerprint density at radius 3 is 2.61 bits per heavy atom. The van der Waals surface area contributed by atoms with E-state index < -0.39 is 5.82 Å². The highest BCUT2D eigenvalue weighted by Crippen LogP contribution is 2.39. The van der Waals surface area contributed by atoms with Crippen molar-refractivity contribution in [3.8, 4) is 6.07 Å². The summed E-state index contributed by atoms with van der Waals surface area (Å²) in [5.41, 5.74) is 1.40. The first-order chi connectivity index (χ1) is 8.64. The summed E-state index contributed by atoms with van der Waals surface area (Å²) in [5.74, 6) is -0.416. The van der Waals surface area contributed by atoms with Gasteiger partial charge in [0, 0.05) is 18.8 Å². The van der Waals surface area contributed by atoms with E-state index in [1.807, 2.05) is 12.1 Å². The lowest BCUT2D eigenvalue weighted by Crippen LogP contribution is -2.26. The number of hydrogen-bond acceptors (Lipinski definition) is 2. The van der Waals surface area contributed by atoms with E-state index >= 15 is 0 Å². The van der Waals surface area contributed by atoms with Crippen molar-refractivity contribution in [3.63, 3.8) is 0 Å². The normalized spacial score (nSPS) is 17.8. The fraction of sp³-hybridized carbons (Fsp3) is 0.533. The number of rotatable bonds is 3. The lowest BCUT2D eigenvalue weighted by Gasteiger charge is -2.27. The van der Waals surface area contributed by atoms with Gasteiger partial charge >= 0.3 is 0 Å². The van der Waals surface area contributed by atoms with Gasteiger partial charge in [-0.15, -0.1) is 0 Å². The van der Waals surface area contributed by atoms with Crippen molar-refractivity contribution in [3.05, 3.63) is 29.6 Å². The molecule has 1 aliphatic heterocycles. The number of hydrogen-bond donors (Lipinski definition) is 0. The maximum Gasteiger partial charge on any atom is 0.143 e. The van der Waals surface area contributed by atoms with Gasteiger partial charge in [-0.1, -0.05) is 13.8 Å². The standard InChI is InChI=1S/C15H19FN2/c1-3-15(4-2)7-8-18(11-15)13-6-5-12(10-17)14(16)9-13/h5-6,9H,3-4,7-8,11H2,1-2H3. The molecule has 0 N–H and O–H groups in total. The summed E-state index contributed by atoms with van der Waals surface area (Å²) in [6.07, 6.45) is 3.50. The maximum absolute atomic E-state index is 13.6. The van der Waals surface area contributed by atoms with E-state index in [1.54, 1.807) is 6.07 Å². The zero-order chi connectivity index (χ0) is 13.2. The molecule has 2 rings (SSSR count). The molecule has 0 aromatic heterocycles. The molecule has 0 aliphatic carbocycles. The van der Waals surface area contributed by atoms with Crippen LogP contribution in [0.2, 0.25) is 0 Å². The summed E-state index contributed by atoms with van der Waals surface area (Å²) < 4.78 is 13.6. The molecule has 18 heavy (non-hydrogen) atoms. The zero-order valence-corrected chi connectivity index (χ0v) is 11.0. The van der Waals surface area contributed by atoms with Gasteiger partial charge in [0.05, 0.1) is 5.56 Å². The van der Waals surface area contributed by atoms with E-state index in [1.165, 1.54) is 25.3 Å². The van der Waals surface area contributed by atoms with Crippen LogP contribution in [-0.2, 0) is 0 Å². The Bertz CT molecular complexity index is 472. The van der Waals surface area contributed by atoms with E-state index in [-0.39, 0.29) is 5.56 Å². The molecule has 0 atom stereocenters. The van der Waals surface area contributed by atoms with Crippen LogP contribution in [0, 0.1) is 22.6 Å². The SMILES string of the molecule is CCC1(CC)CCN(c2ccc(C#N)c(F)c2)C1. The first-order valence-electron chi connectivity index (χ1n) is 6.59. The largest absolute Gasteiger partial charge is 0.371 e. The maximum atomic E-state index is 13.6. The summed E-state index contributed by atoms with van der Waals surface area (Å²) in [6, 6.07) is 6.77. The topological polar surface area (TPSA) is 27.0 Å². The number of nitrogens with zero attached hydrogens (tertiary/aromatic N) is 2. The molecule has 0 amide bonds. The van der Waals surface area contributed by atoms with E-state index in [0.717, 1.165) is 18.8 Å². The smallest absolute Gasteiger partial charge is 0.143 e. The van der Waals surface area contributed by atoms with Gasteiger partial charge in [0.15, 0.2) is 0 Å². The van der Waals surface area contributed by atoms with Gasteiger partial charge in [0.1, 0.15) is 11.9 Å². The predicted molar refractivity (Wildman–Crippen MR) is 71.0 cm³/mol. The van der Waals surface area contributed by atoms with E-state index in [2.05, 4.69) is 18.7 Å². The molecule has 3 heteroatoms. The van der Waals surface area contributed by atoms with Gasteiger partial charge in [0.2, 0.25) is 0 Å². The number of nitriles is 1. The third kappa shape index (κ3) is 2.20. The number of anilines is 1. The second-order valence-electron chi connectivity index (χ2n) is 5.15. The van der Waals surface area contributed by atoms with Crippen molar-refractivity contribution in [2.75, 3.05) is 18.0 Å². The molecule has 1 heterocycles. The van der Waals surface area contributed by atoms with Crippen molar-refractivity contribution < 1.29 is 4.39 Å². The number of benzene rings is 1. The summed E-state index contributed by atoms with van der Waals surface area (Å²) in [6.45, 7) is 6.43. The molecule has 0 saturated carbocycles. The van der Waals surface area contributed by atoms with Gasteiger partial charge in [-0.2, -0.15) is 5.26 Å². The van der Waals surface area contributed by atoms with Crippen molar-refractivity contribution in [2.45, 2.75) is 33.1 Å². The molecule has 1 aromatic carbocycles. The average Bonchev–Trinajstić information content (AvgIpc) is 2.84. The third-order valence-corrected chi connectivity index (χ3v) is 4.38. The minimum atomic E-state index is -0.416. The molecule has 0 radical (unpaired) electrons. The zero-order valence-electron chi connectivity index (χ0n) is 11.0. The first-order valence-corrected chi connectivity index (χ1v) is 6.59. The van der Waals surface area contributed by atoms with Gasteiger partial charge in [-0.3, -0.25) is 0 Å². The molecular formula is C15H19FN2. The van der Waals surface area contributed by atoms with Gasteiger partial charge in [0.25, 0.3) is 0 Å². The highest BCUT2D eigenvalue weighted by atomic mass is 19.1. The average molecular weight is 246 g/mol. The van der Waals surface area contributed by atoms with E-state index in [4.69, 9.17) is 5.26 Å². The van der Waals surface area contributed by atoms with Crippen molar-refractivity contribution in [1.82, 2.24) is 0 Å². The molecule has 1 fully saturated rings. The molecule has 1 saturated heterocycles. The van der Waals surface area contributed by atoms with Crippen molar-refractivity contribution >= 4 is 5.69 Å². The second-order valence-corrected chi connectivity index (χ2v) is 5.15. The van der Waals surface area contributed by atoms with E-state index in [9.17, 15) is 4.39 Å². The summed E-state index contributed by atoms with van der Waals surface area (Å²) >= 11 is 0. The lowest BCUT2D eigenvalue weighted by atomic mass is 9.82. The van der Waals surface area contributed by atoms with Crippen molar-refractivity contribution in [2.24, 2.45) is 5.41 Å². The Kier molecular flexibility index (Phi) is 3.56. The second kappa shape index (κ2) is 4.97. The molecule has 1 aliphatic rings. The molecule has 0 bridgehead atoms. The summed E-state index contributed by atoms with van der Waals surface area (Å²) in [5, 5.41) is 8.73. The molecule has 1 aromatic rings. The van der Waals surface area contributed by atoms with Crippen LogP contribution in [0.5, 0.6) is 0 Å². The van der Waals surface area contributed by atoms with Gasteiger partial charge in [-0.25, -0.2) is 4.39 Å². The summed E-state index contributed by atoms with van der Waals surface area (Å²) in [7, 11) is 0. The van der Waals surface area contributed by atoms with Crippen LogP contribution in [0.1, 0.15) is 38.7 Å². The van der Waals surface area contributed by atoms with Crippen LogP contribution in [0.25, 0.3) is 0 Å². The highest BCUT2D eigenvalue weighted by Gasteiger charge is 2.35. The van der Waals surface area contributed by atoms with Crippen molar-refractivity contribution in [1.29, 1.82) is 5.26 Å². The lowest BCUT2D eigenvalue weighted by molar-refractivity contribution is 0.301. The minimum absolute atomic E-state index is 0.121. The molecule has 2 nitrogen and oxygen atoms in total. The Morgan fingerprint density at radius 2 is 2.11 bits per heavy atom. The Morgan fingerprint density at radius 1 is 1.39 bits per heavy atom. The van der Waals surface area contributed by atoms with Crippen LogP contribution in [-0.4, -0.2) is 13.1 Å². The van der Waals surface area contributed by atoms with Crippen LogP contribution in [0.4, 0.5) is 10.1 Å².